The van der Waals surface area contributed by atoms with Gasteiger partial charge < -0.3 is 4.74 Å². The van der Waals surface area contributed by atoms with E-state index in [1.54, 1.807) is 7.05 Å². The van der Waals surface area contributed by atoms with Crippen LogP contribution >= 0.6 is 0 Å². The molecule has 0 atom stereocenters. The van der Waals surface area contributed by atoms with Gasteiger partial charge in [-0.1, -0.05) is 6.07 Å². The number of H-pyrrole nitrogens is 1. The number of nitrogens with zero attached hydrogens (tertiary/aromatic N) is 4. The van der Waals surface area contributed by atoms with Gasteiger partial charge >= 0.3 is 11.6 Å². The summed E-state index contributed by atoms with van der Waals surface area (Å²) in [5.41, 5.74) is 3.96. The fourth-order valence-electron chi connectivity index (χ4n) is 4.20. The van der Waals surface area contributed by atoms with Gasteiger partial charge in [0.05, 0.1) is 26.2 Å². The Balaban J connectivity index is 1.90. The van der Waals surface area contributed by atoms with E-state index in [2.05, 4.69) is 41.9 Å². The van der Waals surface area contributed by atoms with E-state index >= 15 is 0 Å². The molecule has 29 heavy (non-hydrogen) atoms. The summed E-state index contributed by atoms with van der Waals surface area (Å²) in [7, 11) is 1.70. The van der Waals surface area contributed by atoms with Crippen molar-refractivity contribution in [2.45, 2.75) is 40.3 Å². The van der Waals surface area contributed by atoms with Crippen molar-refractivity contribution in [2.24, 2.45) is 7.05 Å². The van der Waals surface area contributed by atoms with Crippen molar-refractivity contribution in [2.75, 3.05) is 24.7 Å². The normalized spacial score (nSPS) is 13.9. The number of fused-ring (bicyclic) bond motifs is 3. The van der Waals surface area contributed by atoms with Crippen molar-refractivity contribution in [1.82, 2.24) is 14.1 Å². The second kappa shape index (κ2) is 7.51. The summed E-state index contributed by atoms with van der Waals surface area (Å²) in [5.74, 6) is 0.839. The molecule has 1 aromatic carbocycles. The number of imidazole rings is 1. The second-order valence-corrected chi connectivity index (χ2v) is 7.64. The quantitative estimate of drug-likeness (QED) is 0.522. The van der Waals surface area contributed by atoms with Gasteiger partial charge in [0.15, 0.2) is 0 Å². The molecule has 8 nitrogen and oxygen atoms in total. The third-order valence-electron chi connectivity index (χ3n) is 5.48. The third kappa shape index (κ3) is 3.27. The molecular formula is C21H28N5O3+. The molecule has 0 saturated heterocycles. The fraction of sp³-hybridized carbons (Fsp3) is 0.476. The summed E-state index contributed by atoms with van der Waals surface area (Å²) in [6, 6.07) is 6.44. The van der Waals surface area contributed by atoms with Gasteiger partial charge in [0.1, 0.15) is 5.69 Å². The molecule has 0 unspecified atom stereocenters. The van der Waals surface area contributed by atoms with Gasteiger partial charge in [-0.15, -0.1) is 0 Å². The lowest BCUT2D eigenvalue weighted by atomic mass is 10.1. The highest BCUT2D eigenvalue weighted by Crippen LogP contribution is 2.27. The van der Waals surface area contributed by atoms with Crippen molar-refractivity contribution in [1.29, 1.82) is 0 Å². The average molecular weight is 398 g/mol. The van der Waals surface area contributed by atoms with Gasteiger partial charge in [0.25, 0.3) is 5.56 Å². The number of rotatable bonds is 5. The van der Waals surface area contributed by atoms with E-state index in [-0.39, 0.29) is 17.8 Å². The molecule has 0 fully saturated rings. The molecule has 1 N–H and O–H groups in total. The summed E-state index contributed by atoms with van der Waals surface area (Å²) >= 11 is 0. The molecule has 1 aliphatic rings. The summed E-state index contributed by atoms with van der Waals surface area (Å²) in [5, 5.41) is 0. The van der Waals surface area contributed by atoms with Crippen molar-refractivity contribution in [3.8, 4) is 0 Å². The summed E-state index contributed by atoms with van der Waals surface area (Å²) in [6.07, 6.45) is 0.916. The van der Waals surface area contributed by atoms with Crippen LogP contribution in [0.4, 0.5) is 11.6 Å². The lowest BCUT2D eigenvalue weighted by Gasteiger charge is -2.22. The van der Waals surface area contributed by atoms with Crippen LogP contribution in [-0.4, -0.2) is 33.9 Å². The number of benzene rings is 1. The molecule has 3 heterocycles. The molecular weight excluding hydrogens is 370 g/mol. The average Bonchev–Trinajstić information content (AvgIpc) is 3.08. The van der Waals surface area contributed by atoms with Gasteiger partial charge in [-0.3, -0.25) is 13.9 Å². The summed E-state index contributed by atoms with van der Waals surface area (Å²) in [6.45, 7) is 8.78. The molecule has 0 spiro atoms. The predicted octanol–water partition coefficient (Wildman–Crippen LogP) is 1.51. The summed E-state index contributed by atoms with van der Waals surface area (Å²) < 4.78 is 10.2. The van der Waals surface area contributed by atoms with Crippen LogP contribution in [-0.2, 0) is 24.9 Å². The Morgan fingerprint density at radius 2 is 1.90 bits per heavy atom. The minimum Gasteiger partial charge on any atom is -0.380 e. The first-order valence-electron chi connectivity index (χ1n) is 10.1. The zero-order valence-electron chi connectivity index (χ0n) is 17.5. The van der Waals surface area contributed by atoms with Gasteiger partial charge in [-0.25, -0.2) is 19.2 Å². The van der Waals surface area contributed by atoms with Crippen LogP contribution < -0.4 is 20.7 Å². The van der Waals surface area contributed by atoms with E-state index in [1.807, 2.05) is 11.5 Å². The van der Waals surface area contributed by atoms with E-state index in [9.17, 15) is 9.59 Å². The Labute approximate surface area is 169 Å². The summed E-state index contributed by atoms with van der Waals surface area (Å²) in [4.78, 5) is 31.5. The van der Waals surface area contributed by atoms with Crippen LogP contribution in [0, 0.1) is 13.8 Å². The van der Waals surface area contributed by atoms with Crippen LogP contribution in [0.15, 0.2) is 27.8 Å². The topological polar surface area (TPSA) is 76.1 Å². The lowest BCUT2D eigenvalue weighted by Crippen LogP contribution is -2.49. The zero-order chi connectivity index (χ0) is 20.7. The lowest BCUT2D eigenvalue weighted by molar-refractivity contribution is -0.663. The minimum atomic E-state index is -0.334. The predicted molar refractivity (Wildman–Crippen MR) is 112 cm³/mol. The van der Waals surface area contributed by atoms with E-state index in [1.165, 1.54) is 20.3 Å². The Bertz CT molecular complexity index is 1170. The van der Waals surface area contributed by atoms with Crippen LogP contribution in [0.2, 0.25) is 0 Å². The Kier molecular flexibility index (Phi) is 5.04. The highest BCUT2D eigenvalue weighted by molar-refractivity contribution is 5.70. The van der Waals surface area contributed by atoms with E-state index in [4.69, 9.17) is 4.74 Å². The number of nitrogens with one attached hydrogen (secondary N) is 1. The molecule has 3 aromatic rings. The van der Waals surface area contributed by atoms with E-state index in [0.717, 1.165) is 31.1 Å². The van der Waals surface area contributed by atoms with Crippen LogP contribution in [0.5, 0.6) is 0 Å². The largest absolute Gasteiger partial charge is 0.380 e. The highest BCUT2D eigenvalue weighted by Gasteiger charge is 2.33. The number of aromatic amines is 1. The van der Waals surface area contributed by atoms with Gasteiger partial charge in [0.2, 0.25) is 11.2 Å². The molecule has 2 aromatic heterocycles. The van der Waals surface area contributed by atoms with Gasteiger partial charge in [-0.2, -0.15) is 0 Å². The van der Waals surface area contributed by atoms with Crippen LogP contribution in [0.3, 0.4) is 0 Å². The standard InChI is InChI=1S/C21H27N5O3/c1-5-29-10-9-26-19(27)17-18(23(4)21(26)28)22-20-24(7-6-8-25(17)20)16-12-14(2)11-15(3)13-16/h11-13H,5-10H2,1-4H3/p+1. The van der Waals surface area contributed by atoms with Crippen molar-refractivity contribution in [3.63, 3.8) is 0 Å². The first kappa shape index (κ1) is 19.4. The number of ether oxygens (including phenoxy) is 1. The smallest absolute Gasteiger partial charge is 0.364 e. The first-order chi connectivity index (χ1) is 13.9. The maximum atomic E-state index is 13.2. The fourth-order valence-corrected chi connectivity index (χ4v) is 4.20. The SMILES string of the molecule is CCOCCn1c(=O)c2c([nH]c3[n+]2CCCN3c2cc(C)cc(C)c2)n(C)c1=O. The molecule has 1 aliphatic heterocycles. The number of aryl methyl sites for hydroxylation is 4. The Morgan fingerprint density at radius 3 is 2.59 bits per heavy atom. The second-order valence-electron chi connectivity index (χ2n) is 7.64. The molecule has 4 rings (SSSR count). The molecule has 0 amide bonds. The van der Waals surface area contributed by atoms with Gasteiger partial charge in [-0.05, 0) is 44.0 Å². The number of hydrogen-bond donors (Lipinski definition) is 1. The van der Waals surface area contributed by atoms with Crippen LogP contribution in [0.25, 0.3) is 11.2 Å². The third-order valence-corrected chi connectivity index (χ3v) is 5.48. The molecule has 0 bridgehead atoms. The number of aromatic nitrogens is 4. The Morgan fingerprint density at radius 1 is 1.17 bits per heavy atom. The monoisotopic (exact) mass is 398 g/mol. The number of hydrogen-bond acceptors (Lipinski definition) is 4. The minimum absolute atomic E-state index is 0.247. The number of anilines is 2. The molecule has 0 saturated carbocycles. The zero-order valence-corrected chi connectivity index (χ0v) is 17.5. The van der Waals surface area contributed by atoms with E-state index in [0.29, 0.717) is 24.4 Å². The van der Waals surface area contributed by atoms with Crippen molar-refractivity contribution < 1.29 is 9.30 Å². The maximum absolute atomic E-state index is 13.2. The molecule has 0 aliphatic carbocycles. The highest BCUT2D eigenvalue weighted by atomic mass is 16.5. The van der Waals surface area contributed by atoms with Crippen LogP contribution in [0.1, 0.15) is 24.5 Å². The Hall–Kier alpha value is -2.87. The maximum Gasteiger partial charge on any atom is 0.364 e. The molecule has 8 heteroatoms. The van der Waals surface area contributed by atoms with Crippen molar-refractivity contribution >= 4 is 22.8 Å². The van der Waals surface area contributed by atoms with Crippen molar-refractivity contribution in [3.05, 3.63) is 50.2 Å². The van der Waals surface area contributed by atoms with E-state index < -0.39 is 0 Å². The van der Waals surface area contributed by atoms with Gasteiger partial charge in [0, 0.05) is 20.1 Å². The molecule has 154 valence electrons. The molecule has 0 radical (unpaired) electrons. The first-order valence-corrected chi connectivity index (χ1v) is 10.1.